The number of fused-ring (bicyclic) bond motifs is 3. The molecule has 5 rings (SSSR count). The van der Waals surface area contributed by atoms with Gasteiger partial charge in [-0.05, 0) is 41.1 Å². The summed E-state index contributed by atoms with van der Waals surface area (Å²) in [5, 5.41) is 2.55. The van der Waals surface area contributed by atoms with Crippen LogP contribution in [0.1, 0.15) is 0 Å². The fraction of sp³-hybridized carbons (Fsp3) is 0. The van der Waals surface area contributed by atoms with Crippen molar-refractivity contribution in [2.75, 3.05) is 4.90 Å². The lowest BCUT2D eigenvalue weighted by molar-refractivity contribution is 0.609. The maximum Gasteiger partial charge on any atom is 0.208 e. The van der Waals surface area contributed by atoms with Crippen LogP contribution in [0.3, 0.4) is 0 Å². The molecule has 0 fully saturated rings. The molecule has 134 valence electrons. The van der Waals surface area contributed by atoms with Gasteiger partial charge in [-0.25, -0.2) is 0 Å². The second-order valence-corrected chi connectivity index (χ2v) is 6.62. The molecule has 0 aliphatic heterocycles. The zero-order chi connectivity index (χ0) is 18.9. The van der Waals surface area contributed by atoms with Crippen molar-refractivity contribution in [2.45, 2.75) is 0 Å². The molecular formula is C25H17NO2. The van der Waals surface area contributed by atoms with Crippen LogP contribution in [0.2, 0.25) is 0 Å². The van der Waals surface area contributed by atoms with Crippen LogP contribution in [0.5, 0.6) is 0 Å². The number of para-hydroxylation sites is 2. The summed E-state index contributed by atoms with van der Waals surface area (Å²) >= 11 is 0. The van der Waals surface area contributed by atoms with E-state index in [1.165, 1.54) is 0 Å². The Morgan fingerprint density at radius 2 is 1.25 bits per heavy atom. The molecule has 0 spiro atoms. The van der Waals surface area contributed by atoms with Crippen molar-refractivity contribution in [2.24, 2.45) is 0 Å². The molecule has 0 N–H and O–H groups in total. The average Bonchev–Trinajstić information content (AvgIpc) is 2.75. The molecule has 0 saturated carbocycles. The van der Waals surface area contributed by atoms with E-state index >= 15 is 0 Å². The minimum Gasteiger partial charge on any atom is -0.440 e. The van der Waals surface area contributed by atoms with E-state index in [1.807, 2.05) is 102 Å². The van der Waals surface area contributed by atoms with E-state index in [4.69, 9.17) is 4.42 Å². The van der Waals surface area contributed by atoms with Gasteiger partial charge in [0.05, 0.1) is 5.39 Å². The van der Waals surface area contributed by atoms with E-state index in [2.05, 4.69) is 0 Å². The summed E-state index contributed by atoms with van der Waals surface area (Å²) in [6.07, 6.45) is 0. The van der Waals surface area contributed by atoms with Gasteiger partial charge in [-0.3, -0.25) is 9.69 Å². The van der Waals surface area contributed by atoms with E-state index in [0.29, 0.717) is 16.9 Å². The van der Waals surface area contributed by atoms with Crippen molar-refractivity contribution in [3.8, 4) is 0 Å². The summed E-state index contributed by atoms with van der Waals surface area (Å²) in [7, 11) is 0. The van der Waals surface area contributed by atoms with Gasteiger partial charge in [0.1, 0.15) is 5.58 Å². The summed E-state index contributed by atoms with van der Waals surface area (Å²) < 4.78 is 6.25. The number of rotatable bonds is 3. The largest absolute Gasteiger partial charge is 0.440 e. The second kappa shape index (κ2) is 6.71. The molecule has 28 heavy (non-hydrogen) atoms. The predicted octanol–water partition coefficient (Wildman–Crippen LogP) is 6.42. The van der Waals surface area contributed by atoms with Crippen molar-refractivity contribution < 1.29 is 4.42 Å². The first-order valence-corrected chi connectivity index (χ1v) is 9.17. The molecule has 5 aromatic rings. The Morgan fingerprint density at radius 3 is 1.93 bits per heavy atom. The molecule has 0 aliphatic carbocycles. The summed E-state index contributed by atoms with van der Waals surface area (Å²) in [6.45, 7) is 0. The van der Waals surface area contributed by atoms with Crippen molar-refractivity contribution in [1.82, 2.24) is 0 Å². The quantitative estimate of drug-likeness (QED) is 0.347. The Labute approximate surface area is 162 Å². The molecule has 0 unspecified atom stereocenters. The van der Waals surface area contributed by atoms with Crippen LogP contribution >= 0.6 is 0 Å². The average molecular weight is 363 g/mol. The maximum atomic E-state index is 13.1. The lowest BCUT2D eigenvalue weighted by Gasteiger charge is -2.23. The molecule has 0 bridgehead atoms. The summed E-state index contributed by atoms with van der Waals surface area (Å²) in [5.41, 5.74) is 2.39. The van der Waals surface area contributed by atoms with Gasteiger partial charge in [0.15, 0.2) is 5.43 Å². The maximum absolute atomic E-state index is 13.1. The van der Waals surface area contributed by atoms with Crippen LogP contribution < -0.4 is 10.3 Å². The first-order valence-electron chi connectivity index (χ1n) is 9.17. The van der Waals surface area contributed by atoms with Crippen molar-refractivity contribution in [1.29, 1.82) is 0 Å². The molecule has 0 saturated heterocycles. The van der Waals surface area contributed by atoms with Gasteiger partial charge < -0.3 is 4.42 Å². The predicted molar refractivity (Wildman–Crippen MR) is 115 cm³/mol. The minimum absolute atomic E-state index is 0.0510. The smallest absolute Gasteiger partial charge is 0.208 e. The molecule has 1 aromatic heterocycles. The minimum atomic E-state index is -0.0510. The highest BCUT2D eigenvalue weighted by atomic mass is 16.4. The van der Waals surface area contributed by atoms with Gasteiger partial charge in [0, 0.05) is 17.4 Å². The Balaban J connectivity index is 1.78. The first kappa shape index (κ1) is 16.3. The number of benzene rings is 4. The number of hydrogen-bond donors (Lipinski definition) is 0. The highest BCUT2D eigenvalue weighted by Crippen LogP contribution is 2.35. The molecule has 0 radical (unpaired) electrons. The van der Waals surface area contributed by atoms with Crippen LogP contribution in [-0.4, -0.2) is 0 Å². The molecule has 3 heteroatoms. The zero-order valence-electron chi connectivity index (χ0n) is 15.1. The lowest BCUT2D eigenvalue weighted by atomic mass is 10.1. The second-order valence-electron chi connectivity index (χ2n) is 6.62. The number of hydrogen-bond acceptors (Lipinski definition) is 3. The summed E-state index contributed by atoms with van der Waals surface area (Å²) in [6, 6.07) is 33.1. The number of anilines is 3. The van der Waals surface area contributed by atoms with Gasteiger partial charge >= 0.3 is 0 Å². The Bertz CT molecular complexity index is 1290. The van der Waals surface area contributed by atoms with Gasteiger partial charge in [-0.1, -0.05) is 66.7 Å². The fourth-order valence-electron chi connectivity index (χ4n) is 3.59. The Morgan fingerprint density at radius 1 is 0.643 bits per heavy atom. The molecular weight excluding hydrogens is 346 g/mol. The van der Waals surface area contributed by atoms with Gasteiger partial charge in [0.2, 0.25) is 5.88 Å². The molecule has 3 nitrogen and oxygen atoms in total. The fourth-order valence-corrected chi connectivity index (χ4v) is 3.59. The van der Waals surface area contributed by atoms with E-state index in [0.717, 1.165) is 22.1 Å². The van der Waals surface area contributed by atoms with Crippen LogP contribution in [0.15, 0.2) is 112 Å². The highest BCUT2D eigenvalue weighted by Gasteiger charge is 2.17. The molecule has 0 aliphatic rings. The van der Waals surface area contributed by atoms with E-state index in [9.17, 15) is 4.79 Å². The van der Waals surface area contributed by atoms with Crippen LogP contribution in [0.4, 0.5) is 17.3 Å². The van der Waals surface area contributed by atoms with E-state index in [1.54, 1.807) is 6.07 Å². The normalized spacial score (nSPS) is 11.0. The molecule has 0 amide bonds. The lowest BCUT2D eigenvalue weighted by Crippen LogP contribution is -2.13. The topological polar surface area (TPSA) is 33.5 Å². The summed E-state index contributed by atoms with van der Waals surface area (Å²) in [5.74, 6) is 0.491. The van der Waals surface area contributed by atoms with Gasteiger partial charge in [0.25, 0.3) is 0 Å². The zero-order valence-corrected chi connectivity index (χ0v) is 15.1. The van der Waals surface area contributed by atoms with Crippen molar-refractivity contribution in [3.63, 3.8) is 0 Å². The molecule has 0 atom stereocenters. The third-order valence-corrected chi connectivity index (χ3v) is 4.86. The standard InChI is InChI=1S/C25H17NO2/c27-22-17-24(28-23-16-15-18-9-7-8-14-21(18)25(22)23)26(19-10-3-1-4-11-19)20-12-5-2-6-13-20/h1-17H. The van der Waals surface area contributed by atoms with Crippen LogP contribution in [-0.2, 0) is 0 Å². The van der Waals surface area contributed by atoms with Gasteiger partial charge in [-0.15, -0.1) is 0 Å². The Hall–Kier alpha value is -3.85. The highest BCUT2D eigenvalue weighted by molar-refractivity contribution is 6.05. The van der Waals surface area contributed by atoms with Crippen molar-refractivity contribution in [3.05, 3.63) is 113 Å². The van der Waals surface area contributed by atoms with Crippen LogP contribution in [0.25, 0.3) is 21.7 Å². The molecule has 4 aromatic carbocycles. The van der Waals surface area contributed by atoms with E-state index in [-0.39, 0.29) is 5.43 Å². The van der Waals surface area contributed by atoms with Gasteiger partial charge in [-0.2, -0.15) is 0 Å². The Kier molecular flexibility index (Phi) is 3.91. The third kappa shape index (κ3) is 2.74. The van der Waals surface area contributed by atoms with Crippen LogP contribution in [0, 0.1) is 0 Å². The summed E-state index contributed by atoms with van der Waals surface area (Å²) in [4.78, 5) is 15.0. The SMILES string of the molecule is O=c1cc(N(c2ccccc2)c2ccccc2)oc2ccc3ccccc3c12. The van der Waals surface area contributed by atoms with E-state index < -0.39 is 0 Å². The number of nitrogens with zero attached hydrogens (tertiary/aromatic N) is 1. The third-order valence-electron chi connectivity index (χ3n) is 4.86. The molecule has 1 heterocycles. The first-order chi connectivity index (χ1) is 13.8. The monoisotopic (exact) mass is 363 g/mol. The van der Waals surface area contributed by atoms with Crippen molar-refractivity contribution >= 4 is 39.0 Å².